The predicted molar refractivity (Wildman–Crippen MR) is 79.0 cm³/mol. The van der Waals surface area contributed by atoms with Crippen LogP contribution in [0.25, 0.3) is 0 Å². The van der Waals surface area contributed by atoms with Crippen LogP contribution in [0.3, 0.4) is 0 Å². The molecule has 0 spiro atoms. The summed E-state index contributed by atoms with van der Waals surface area (Å²) in [6.07, 6.45) is 1.82. The third kappa shape index (κ3) is 4.56. The molecule has 2 aromatic rings. The lowest BCUT2D eigenvalue weighted by molar-refractivity contribution is 0.198. The zero-order valence-corrected chi connectivity index (χ0v) is 12.6. The molecule has 0 saturated carbocycles. The summed E-state index contributed by atoms with van der Waals surface area (Å²) in [5.41, 5.74) is 3.71. The lowest BCUT2D eigenvalue weighted by Crippen LogP contribution is -2.20. The van der Waals surface area contributed by atoms with Gasteiger partial charge in [0, 0.05) is 32.1 Å². The van der Waals surface area contributed by atoms with Gasteiger partial charge in [-0.15, -0.1) is 11.3 Å². The Balaban J connectivity index is 1.95. The molecule has 0 atom stereocenters. The maximum absolute atomic E-state index is 5.83. The van der Waals surface area contributed by atoms with Crippen LogP contribution in [0, 0.1) is 6.92 Å². The molecule has 20 heavy (non-hydrogen) atoms. The number of ether oxygens (including phenoxy) is 2. The van der Waals surface area contributed by atoms with E-state index in [9.17, 15) is 0 Å². The largest absolute Gasteiger partial charge is 0.486 e. The Morgan fingerprint density at radius 1 is 1.35 bits per heavy atom. The summed E-state index contributed by atoms with van der Waals surface area (Å²) < 4.78 is 10.8. The number of nitrogens with one attached hydrogen (secondary N) is 1. The number of aromatic nitrogens is 2. The molecule has 0 radical (unpaired) electrons. The number of methoxy groups -OCH3 is 1. The highest BCUT2D eigenvalue weighted by molar-refractivity contribution is 7.09. The Hall–Kier alpha value is -1.50. The molecule has 0 bridgehead atoms. The molecule has 0 aliphatic rings. The van der Waals surface area contributed by atoms with Gasteiger partial charge < -0.3 is 14.8 Å². The summed E-state index contributed by atoms with van der Waals surface area (Å²) in [5, 5.41) is 3.29. The Morgan fingerprint density at radius 3 is 3.00 bits per heavy atom. The van der Waals surface area contributed by atoms with E-state index in [0.29, 0.717) is 19.8 Å². The highest BCUT2D eigenvalue weighted by Crippen LogP contribution is 2.19. The van der Waals surface area contributed by atoms with Gasteiger partial charge in [0.1, 0.15) is 12.4 Å². The molecule has 0 aliphatic heterocycles. The van der Waals surface area contributed by atoms with Crippen molar-refractivity contribution in [1.29, 1.82) is 0 Å². The molecule has 0 amide bonds. The summed E-state index contributed by atoms with van der Waals surface area (Å²) in [7, 11) is 1.69. The van der Waals surface area contributed by atoms with Gasteiger partial charge >= 0.3 is 0 Å². The van der Waals surface area contributed by atoms with Gasteiger partial charge in [-0.2, -0.15) is 0 Å². The zero-order chi connectivity index (χ0) is 14.2. The number of nitrogens with zero attached hydrogens (tertiary/aromatic N) is 2. The average Bonchev–Trinajstić information content (AvgIpc) is 2.96. The van der Waals surface area contributed by atoms with Crippen LogP contribution >= 0.6 is 11.3 Å². The van der Waals surface area contributed by atoms with E-state index in [2.05, 4.69) is 15.3 Å². The number of hydrogen-bond donors (Lipinski definition) is 1. The van der Waals surface area contributed by atoms with Gasteiger partial charge in [0.2, 0.25) is 0 Å². The van der Waals surface area contributed by atoms with Crippen molar-refractivity contribution >= 4 is 11.3 Å². The number of hydrogen-bond acceptors (Lipinski definition) is 6. The van der Waals surface area contributed by atoms with E-state index < -0.39 is 0 Å². The number of aryl methyl sites for hydroxylation is 1. The first-order valence-electron chi connectivity index (χ1n) is 6.46. The fourth-order valence-electron chi connectivity index (χ4n) is 1.70. The standard InChI is InChI=1S/C14H19N3O2S/c1-11-3-4-14(19-9-12-7-16-10-20-12)13(17-11)8-15-5-6-18-2/h3-4,7,10,15H,5-6,8-9H2,1-2H3. The topological polar surface area (TPSA) is 56.3 Å². The smallest absolute Gasteiger partial charge is 0.142 e. The van der Waals surface area contributed by atoms with Crippen molar-refractivity contribution in [3.8, 4) is 5.75 Å². The van der Waals surface area contributed by atoms with E-state index >= 15 is 0 Å². The Kier molecular flexibility index (Phi) is 5.91. The molecule has 0 unspecified atom stereocenters. The van der Waals surface area contributed by atoms with Gasteiger partial charge in [-0.25, -0.2) is 0 Å². The van der Waals surface area contributed by atoms with Crippen molar-refractivity contribution in [2.24, 2.45) is 0 Å². The molecule has 2 aromatic heterocycles. The lowest BCUT2D eigenvalue weighted by atomic mass is 10.3. The maximum atomic E-state index is 5.83. The summed E-state index contributed by atoms with van der Waals surface area (Å²) in [5.74, 6) is 0.814. The van der Waals surface area contributed by atoms with E-state index in [0.717, 1.165) is 28.6 Å². The van der Waals surface area contributed by atoms with Gasteiger partial charge in [0.25, 0.3) is 0 Å². The van der Waals surface area contributed by atoms with Crippen LogP contribution in [-0.2, 0) is 17.9 Å². The van der Waals surface area contributed by atoms with E-state index in [1.807, 2.05) is 25.3 Å². The van der Waals surface area contributed by atoms with Crippen LogP contribution in [0.5, 0.6) is 5.75 Å². The SMILES string of the molecule is COCCNCc1nc(C)ccc1OCc1cncs1. The molecule has 0 aromatic carbocycles. The van der Waals surface area contributed by atoms with Crippen LogP contribution in [0.1, 0.15) is 16.3 Å². The molecule has 2 heterocycles. The Morgan fingerprint density at radius 2 is 2.25 bits per heavy atom. The third-order valence-corrected chi connectivity index (χ3v) is 3.45. The minimum absolute atomic E-state index is 0.528. The van der Waals surface area contributed by atoms with E-state index in [1.54, 1.807) is 24.0 Å². The minimum atomic E-state index is 0.528. The van der Waals surface area contributed by atoms with Gasteiger partial charge in [0.15, 0.2) is 0 Å². The molecule has 5 nitrogen and oxygen atoms in total. The molecule has 1 N–H and O–H groups in total. The summed E-state index contributed by atoms with van der Waals surface area (Å²) in [4.78, 5) is 9.67. The lowest BCUT2D eigenvalue weighted by Gasteiger charge is -2.11. The molecule has 6 heteroatoms. The van der Waals surface area contributed by atoms with Crippen LogP contribution in [0.2, 0.25) is 0 Å². The van der Waals surface area contributed by atoms with Crippen molar-refractivity contribution in [3.63, 3.8) is 0 Å². The molecule has 0 saturated heterocycles. The number of rotatable bonds is 8. The van der Waals surface area contributed by atoms with Gasteiger partial charge in [-0.05, 0) is 19.1 Å². The fourth-order valence-corrected chi connectivity index (χ4v) is 2.20. The molecule has 2 rings (SSSR count). The van der Waals surface area contributed by atoms with Crippen molar-refractivity contribution < 1.29 is 9.47 Å². The second-order valence-electron chi connectivity index (χ2n) is 4.32. The first kappa shape index (κ1) is 14.9. The molecular formula is C14H19N3O2S. The van der Waals surface area contributed by atoms with Gasteiger partial charge in [-0.3, -0.25) is 9.97 Å². The van der Waals surface area contributed by atoms with Gasteiger partial charge in [0.05, 0.1) is 22.7 Å². The molecule has 0 aliphatic carbocycles. The Labute approximate surface area is 123 Å². The van der Waals surface area contributed by atoms with Crippen LogP contribution in [0.15, 0.2) is 23.8 Å². The highest BCUT2D eigenvalue weighted by Gasteiger charge is 2.06. The molecule has 108 valence electrons. The molecule has 0 fully saturated rings. The van der Waals surface area contributed by atoms with E-state index in [-0.39, 0.29) is 0 Å². The summed E-state index contributed by atoms with van der Waals surface area (Å²) in [6.45, 7) is 4.65. The fraction of sp³-hybridized carbons (Fsp3) is 0.429. The normalized spacial score (nSPS) is 10.7. The third-order valence-electron chi connectivity index (χ3n) is 2.70. The van der Waals surface area contributed by atoms with Crippen LogP contribution in [-0.4, -0.2) is 30.2 Å². The monoisotopic (exact) mass is 293 g/mol. The quantitative estimate of drug-likeness (QED) is 0.756. The van der Waals surface area contributed by atoms with Crippen molar-refractivity contribution in [3.05, 3.63) is 40.1 Å². The maximum Gasteiger partial charge on any atom is 0.142 e. The van der Waals surface area contributed by atoms with E-state index in [1.165, 1.54) is 0 Å². The van der Waals surface area contributed by atoms with Crippen molar-refractivity contribution in [1.82, 2.24) is 15.3 Å². The van der Waals surface area contributed by atoms with Crippen molar-refractivity contribution in [2.75, 3.05) is 20.3 Å². The summed E-state index contributed by atoms with van der Waals surface area (Å²) in [6, 6.07) is 3.93. The average molecular weight is 293 g/mol. The highest BCUT2D eigenvalue weighted by atomic mass is 32.1. The first-order chi connectivity index (χ1) is 9.79. The number of thiazole rings is 1. The van der Waals surface area contributed by atoms with E-state index in [4.69, 9.17) is 9.47 Å². The Bertz CT molecular complexity index is 517. The number of pyridine rings is 1. The van der Waals surface area contributed by atoms with Gasteiger partial charge in [-0.1, -0.05) is 0 Å². The minimum Gasteiger partial charge on any atom is -0.486 e. The second-order valence-corrected chi connectivity index (χ2v) is 5.29. The predicted octanol–water partition coefficient (Wildman–Crippen LogP) is 2.16. The van der Waals surface area contributed by atoms with Crippen LogP contribution in [0.4, 0.5) is 0 Å². The van der Waals surface area contributed by atoms with Crippen molar-refractivity contribution in [2.45, 2.75) is 20.1 Å². The summed E-state index contributed by atoms with van der Waals surface area (Å²) >= 11 is 1.59. The van der Waals surface area contributed by atoms with Crippen LogP contribution < -0.4 is 10.1 Å². The second kappa shape index (κ2) is 7.94. The molecular weight excluding hydrogens is 274 g/mol. The zero-order valence-electron chi connectivity index (χ0n) is 11.8. The first-order valence-corrected chi connectivity index (χ1v) is 7.34.